The Hall–Kier alpha value is -1.23. The lowest BCUT2D eigenvalue weighted by molar-refractivity contribution is 0.548. The minimum Gasteiger partial charge on any atom is -0.454 e. The Labute approximate surface area is 60.1 Å². The van der Waals surface area contributed by atoms with Crippen molar-refractivity contribution in [1.82, 2.24) is 0 Å². The second kappa shape index (κ2) is 3.07. The molecule has 0 saturated carbocycles. The molecule has 0 amide bonds. The van der Waals surface area contributed by atoms with Crippen molar-refractivity contribution in [3.8, 4) is 6.07 Å². The zero-order chi connectivity index (χ0) is 7.40. The summed E-state index contributed by atoms with van der Waals surface area (Å²) in [6.45, 7) is 2.08. The van der Waals surface area contributed by atoms with Crippen LogP contribution in [0.2, 0.25) is 0 Å². The van der Waals surface area contributed by atoms with Crippen LogP contribution in [-0.4, -0.2) is 0 Å². The number of nitrogens with zero attached hydrogens (tertiary/aromatic N) is 1. The first-order valence-corrected chi connectivity index (χ1v) is 3.35. The maximum absolute atomic E-state index is 8.49. The van der Waals surface area contributed by atoms with E-state index in [2.05, 4.69) is 6.92 Å². The van der Waals surface area contributed by atoms with Gasteiger partial charge in [0.2, 0.25) is 5.76 Å². The van der Waals surface area contributed by atoms with E-state index in [1.54, 1.807) is 6.26 Å². The van der Waals surface area contributed by atoms with Gasteiger partial charge in [-0.25, -0.2) is 0 Å². The van der Waals surface area contributed by atoms with E-state index >= 15 is 0 Å². The molecule has 1 aromatic rings. The smallest absolute Gasteiger partial charge is 0.206 e. The van der Waals surface area contributed by atoms with Crippen molar-refractivity contribution < 1.29 is 4.42 Å². The van der Waals surface area contributed by atoms with E-state index in [1.807, 2.05) is 12.1 Å². The van der Waals surface area contributed by atoms with Crippen LogP contribution in [0.1, 0.15) is 24.7 Å². The van der Waals surface area contributed by atoms with Crippen molar-refractivity contribution in [2.45, 2.75) is 19.8 Å². The first-order valence-electron chi connectivity index (χ1n) is 3.35. The predicted octanol–water partition coefficient (Wildman–Crippen LogP) is 2.10. The van der Waals surface area contributed by atoms with E-state index in [0.29, 0.717) is 5.76 Å². The van der Waals surface area contributed by atoms with Gasteiger partial charge in [0.05, 0.1) is 6.26 Å². The van der Waals surface area contributed by atoms with E-state index in [1.165, 1.54) is 0 Å². The van der Waals surface area contributed by atoms with Crippen molar-refractivity contribution >= 4 is 0 Å². The number of hydrogen-bond acceptors (Lipinski definition) is 2. The van der Waals surface area contributed by atoms with Crippen LogP contribution in [0, 0.1) is 11.3 Å². The second-order valence-corrected chi connectivity index (χ2v) is 2.14. The predicted molar refractivity (Wildman–Crippen MR) is 37.4 cm³/mol. The molecule has 0 aromatic carbocycles. The molecule has 0 fully saturated rings. The Kier molecular flexibility index (Phi) is 2.11. The normalized spacial score (nSPS) is 9.20. The highest BCUT2D eigenvalue weighted by Gasteiger charge is 2.01. The molecule has 2 heteroatoms. The molecule has 0 unspecified atom stereocenters. The van der Waals surface area contributed by atoms with Gasteiger partial charge >= 0.3 is 0 Å². The molecule has 1 rings (SSSR count). The van der Waals surface area contributed by atoms with Gasteiger partial charge in [-0.2, -0.15) is 5.26 Å². The zero-order valence-electron chi connectivity index (χ0n) is 5.92. The van der Waals surface area contributed by atoms with Crippen LogP contribution < -0.4 is 0 Å². The third-order valence-electron chi connectivity index (χ3n) is 1.37. The monoisotopic (exact) mass is 135 g/mol. The number of nitriles is 1. The lowest BCUT2D eigenvalue weighted by atomic mass is 10.1. The minimum absolute atomic E-state index is 0.460. The number of hydrogen-bond donors (Lipinski definition) is 0. The molecule has 2 nitrogen and oxygen atoms in total. The van der Waals surface area contributed by atoms with Crippen LogP contribution >= 0.6 is 0 Å². The van der Waals surface area contributed by atoms with Gasteiger partial charge in [0, 0.05) is 5.56 Å². The van der Waals surface area contributed by atoms with Gasteiger partial charge < -0.3 is 4.42 Å². The molecular weight excluding hydrogens is 126 g/mol. The van der Waals surface area contributed by atoms with Gasteiger partial charge in [0.15, 0.2) is 0 Å². The van der Waals surface area contributed by atoms with E-state index in [0.717, 1.165) is 18.4 Å². The molecule has 10 heavy (non-hydrogen) atoms. The van der Waals surface area contributed by atoms with Gasteiger partial charge in [-0.1, -0.05) is 13.3 Å². The highest BCUT2D eigenvalue weighted by atomic mass is 16.3. The fourth-order valence-corrected chi connectivity index (χ4v) is 0.900. The van der Waals surface area contributed by atoms with Crippen molar-refractivity contribution in [1.29, 1.82) is 5.26 Å². The molecule has 52 valence electrons. The summed E-state index contributed by atoms with van der Waals surface area (Å²) in [5, 5.41) is 8.49. The summed E-state index contributed by atoms with van der Waals surface area (Å²) >= 11 is 0. The number of aryl methyl sites for hydroxylation is 1. The standard InChI is InChI=1S/C8H9NO/c1-2-3-7-4-5-10-8(7)6-9/h4-5H,2-3H2,1H3. The van der Waals surface area contributed by atoms with Crippen LogP contribution in [0.15, 0.2) is 16.7 Å². The molecule has 0 aliphatic heterocycles. The maximum Gasteiger partial charge on any atom is 0.206 e. The molecule has 0 atom stereocenters. The second-order valence-electron chi connectivity index (χ2n) is 2.14. The molecule has 0 aliphatic rings. The zero-order valence-corrected chi connectivity index (χ0v) is 5.92. The number of furan rings is 1. The fraction of sp³-hybridized carbons (Fsp3) is 0.375. The van der Waals surface area contributed by atoms with Crippen LogP contribution in [-0.2, 0) is 6.42 Å². The fourth-order valence-electron chi connectivity index (χ4n) is 0.900. The van der Waals surface area contributed by atoms with Gasteiger partial charge in [-0.15, -0.1) is 0 Å². The summed E-state index contributed by atoms with van der Waals surface area (Å²) in [4.78, 5) is 0. The molecule has 0 aliphatic carbocycles. The summed E-state index contributed by atoms with van der Waals surface area (Å²) in [7, 11) is 0. The highest BCUT2D eigenvalue weighted by Crippen LogP contribution is 2.10. The summed E-state index contributed by atoms with van der Waals surface area (Å²) in [6.07, 6.45) is 3.54. The van der Waals surface area contributed by atoms with Crippen molar-refractivity contribution in [3.63, 3.8) is 0 Å². The first kappa shape index (κ1) is 6.88. The molecule has 0 N–H and O–H groups in total. The van der Waals surface area contributed by atoms with Crippen LogP contribution in [0.3, 0.4) is 0 Å². The SMILES string of the molecule is CCCc1ccoc1C#N. The molecule has 0 radical (unpaired) electrons. The van der Waals surface area contributed by atoms with E-state index in [-0.39, 0.29) is 0 Å². The highest BCUT2D eigenvalue weighted by molar-refractivity contribution is 5.27. The quantitative estimate of drug-likeness (QED) is 0.622. The lowest BCUT2D eigenvalue weighted by Gasteiger charge is -1.89. The molecule has 0 bridgehead atoms. The van der Waals surface area contributed by atoms with Crippen LogP contribution in [0.25, 0.3) is 0 Å². The third kappa shape index (κ3) is 1.19. The largest absolute Gasteiger partial charge is 0.454 e. The summed E-state index contributed by atoms with van der Waals surface area (Å²) in [5.74, 6) is 0.460. The van der Waals surface area contributed by atoms with Crippen molar-refractivity contribution in [2.75, 3.05) is 0 Å². The summed E-state index contributed by atoms with van der Waals surface area (Å²) in [6, 6.07) is 3.84. The van der Waals surface area contributed by atoms with Gasteiger partial charge in [0.25, 0.3) is 0 Å². The van der Waals surface area contributed by atoms with Crippen molar-refractivity contribution in [3.05, 3.63) is 23.7 Å². The average Bonchev–Trinajstić information content (AvgIpc) is 2.36. The van der Waals surface area contributed by atoms with Gasteiger partial charge in [-0.3, -0.25) is 0 Å². The molecule has 0 spiro atoms. The van der Waals surface area contributed by atoms with Crippen molar-refractivity contribution in [2.24, 2.45) is 0 Å². The molecule has 1 heterocycles. The average molecular weight is 135 g/mol. The molecule has 0 saturated heterocycles. The topological polar surface area (TPSA) is 36.9 Å². The Morgan fingerprint density at radius 1 is 1.70 bits per heavy atom. The molecular formula is C8H9NO. The van der Waals surface area contributed by atoms with E-state index < -0.39 is 0 Å². The Bertz CT molecular complexity index is 244. The number of rotatable bonds is 2. The van der Waals surface area contributed by atoms with E-state index in [9.17, 15) is 0 Å². The van der Waals surface area contributed by atoms with Crippen LogP contribution in [0.4, 0.5) is 0 Å². The van der Waals surface area contributed by atoms with Crippen LogP contribution in [0.5, 0.6) is 0 Å². The third-order valence-corrected chi connectivity index (χ3v) is 1.37. The first-order chi connectivity index (χ1) is 4.88. The minimum atomic E-state index is 0.460. The summed E-state index contributed by atoms with van der Waals surface area (Å²) in [5.41, 5.74) is 1.02. The Morgan fingerprint density at radius 2 is 2.50 bits per heavy atom. The maximum atomic E-state index is 8.49. The lowest BCUT2D eigenvalue weighted by Crippen LogP contribution is -1.81. The Balaban J connectivity index is 2.82. The van der Waals surface area contributed by atoms with E-state index in [4.69, 9.17) is 9.68 Å². The van der Waals surface area contributed by atoms with Gasteiger partial charge in [0.1, 0.15) is 6.07 Å². The summed E-state index contributed by atoms with van der Waals surface area (Å²) < 4.78 is 4.91. The van der Waals surface area contributed by atoms with Gasteiger partial charge in [-0.05, 0) is 12.5 Å². The Morgan fingerprint density at radius 3 is 3.10 bits per heavy atom. The molecule has 1 aromatic heterocycles.